The Kier molecular flexibility index (Phi) is 5.41. The van der Waals surface area contributed by atoms with Gasteiger partial charge < -0.3 is 14.9 Å². The summed E-state index contributed by atoms with van der Waals surface area (Å²) in [5.41, 5.74) is 2.24. The minimum atomic E-state index is -0.584. The molecule has 4 heteroatoms. The predicted molar refractivity (Wildman–Crippen MR) is 88.8 cm³/mol. The van der Waals surface area contributed by atoms with Crippen LogP contribution in [0.4, 0.5) is 0 Å². The van der Waals surface area contributed by atoms with Crippen LogP contribution in [0, 0.1) is 0 Å². The van der Waals surface area contributed by atoms with Gasteiger partial charge in [-0.2, -0.15) is 0 Å². The molecule has 0 amide bonds. The van der Waals surface area contributed by atoms with Gasteiger partial charge in [-0.25, -0.2) is 0 Å². The molecule has 0 aliphatic carbocycles. The fourth-order valence-corrected chi connectivity index (χ4v) is 3.15. The standard InChI is InChI=1S/C19H23NO3/c21-13-17-19(23-14-16-9-5-2-6-10-16)18(22)12-20(17)11-15-7-3-1-4-8-15/h1-10,17-19,21-22H,11-14H2/t17-,18+,19+/m0/s1. The lowest BCUT2D eigenvalue weighted by Gasteiger charge is -2.26. The van der Waals surface area contributed by atoms with Crippen LogP contribution in [0.1, 0.15) is 11.1 Å². The monoisotopic (exact) mass is 313 g/mol. The summed E-state index contributed by atoms with van der Waals surface area (Å²) >= 11 is 0. The Hall–Kier alpha value is -1.72. The van der Waals surface area contributed by atoms with E-state index in [4.69, 9.17) is 4.74 Å². The lowest BCUT2D eigenvalue weighted by atomic mass is 10.1. The van der Waals surface area contributed by atoms with E-state index in [0.29, 0.717) is 19.7 Å². The molecule has 0 bridgehead atoms. The van der Waals surface area contributed by atoms with Crippen molar-refractivity contribution in [2.45, 2.75) is 31.4 Å². The van der Waals surface area contributed by atoms with E-state index in [-0.39, 0.29) is 18.8 Å². The molecule has 0 unspecified atom stereocenters. The van der Waals surface area contributed by atoms with Crippen LogP contribution in [0.5, 0.6) is 0 Å². The molecule has 4 nitrogen and oxygen atoms in total. The quantitative estimate of drug-likeness (QED) is 0.854. The third kappa shape index (κ3) is 3.98. The van der Waals surface area contributed by atoms with Crippen molar-refractivity contribution in [3.8, 4) is 0 Å². The van der Waals surface area contributed by atoms with Crippen LogP contribution in [0.3, 0.4) is 0 Å². The van der Waals surface area contributed by atoms with Crippen LogP contribution in [-0.2, 0) is 17.9 Å². The summed E-state index contributed by atoms with van der Waals surface area (Å²) in [4.78, 5) is 2.09. The molecule has 1 saturated heterocycles. The summed E-state index contributed by atoms with van der Waals surface area (Å²) < 4.78 is 5.92. The van der Waals surface area contributed by atoms with Crippen molar-refractivity contribution in [3.63, 3.8) is 0 Å². The van der Waals surface area contributed by atoms with Gasteiger partial charge in [0.15, 0.2) is 0 Å². The first-order valence-corrected chi connectivity index (χ1v) is 8.00. The van der Waals surface area contributed by atoms with Crippen molar-refractivity contribution in [1.82, 2.24) is 4.90 Å². The van der Waals surface area contributed by atoms with Gasteiger partial charge in [-0.1, -0.05) is 60.7 Å². The number of benzene rings is 2. The number of rotatable bonds is 6. The molecule has 23 heavy (non-hydrogen) atoms. The van der Waals surface area contributed by atoms with Gasteiger partial charge in [0.05, 0.1) is 25.4 Å². The summed E-state index contributed by atoms with van der Waals surface area (Å²) in [6, 6.07) is 19.8. The summed E-state index contributed by atoms with van der Waals surface area (Å²) in [6.07, 6.45) is -0.955. The van der Waals surface area contributed by atoms with E-state index in [9.17, 15) is 10.2 Å². The Morgan fingerprint density at radius 1 is 0.957 bits per heavy atom. The Morgan fingerprint density at radius 3 is 2.17 bits per heavy atom. The Morgan fingerprint density at radius 2 is 1.57 bits per heavy atom. The molecule has 122 valence electrons. The summed E-state index contributed by atoms with van der Waals surface area (Å²) in [5.74, 6) is 0. The smallest absolute Gasteiger partial charge is 0.103 e. The molecule has 1 heterocycles. The van der Waals surface area contributed by atoms with E-state index in [2.05, 4.69) is 17.0 Å². The highest BCUT2D eigenvalue weighted by Crippen LogP contribution is 2.24. The molecule has 1 aliphatic heterocycles. The van der Waals surface area contributed by atoms with Crippen LogP contribution >= 0.6 is 0 Å². The van der Waals surface area contributed by atoms with Crippen molar-refractivity contribution in [2.24, 2.45) is 0 Å². The molecule has 0 aromatic heterocycles. The number of hydrogen-bond donors (Lipinski definition) is 2. The number of likely N-dealkylation sites (tertiary alicyclic amines) is 1. The minimum absolute atomic E-state index is 0.0245. The first-order valence-electron chi connectivity index (χ1n) is 8.00. The fraction of sp³-hybridized carbons (Fsp3) is 0.368. The van der Waals surface area contributed by atoms with Gasteiger partial charge in [-0.05, 0) is 11.1 Å². The molecule has 2 aromatic rings. The third-order valence-electron chi connectivity index (χ3n) is 4.35. The highest BCUT2D eigenvalue weighted by atomic mass is 16.5. The molecule has 0 saturated carbocycles. The molecule has 0 radical (unpaired) electrons. The second kappa shape index (κ2) is 7.70. The fourth-order valence-electron chi connectivity index (χ4n) is 3.15. The highest BCUT2D eigenvalue weighted by Gasteiger charge is 2.41. The van der Waals surface area contributed by atoms with Gasteiger partial charge >= 0.3 is 0 Å². The van der Waals surface area contributed by atoms with Gasteiger partial charge in [0.1, 0.15) is 6.10 Å². The Balaban J connectivity index is 1.64. The molecule has 3 atom stereocenters. The van der Waals surface area contributed by atoms with Crippen LogP contribution in [0.2, 0.25) is 0 Å². The average molecular weight is 313 g/mol. The van der Waals surface area contributed by atoms with Crippen molar-refractivity contribution in [2.75, 3.05) is 13.2 Å². The SMILES string of the molecule is OC[C@H]1[C@@H](OCc2ccccc2)[C@H](O)CN1Cc1ccccc1. The van der Waals surface area contributed by atoms with Gasteiger partial charge in [-0.15, -0.1) is 0 Å². The van der Waals surface area contributed by atoms with Crippen LogP contribution in [0.25, 0.3) is 0 Å². The zero-order chi connectivity index (χ0) is 16.1. The maximum atomic E-state index is 10.3. The lowest BCUT2D eigenvalue weighted by Crippen LogP contribution is -2.40. The van der Waals surface area contributed by atoms with Crippen molar-refractivity contribution in [3.05, 3.63) is 71.8 Å². The Labute approximate surface area is 136 Å². The van der Waals surface area contributed by atoms with E-state index < -0.39 is 6.10 Å². The summed E-state index contributed by atoms with van der Waals surface area (Å²) in [5, 5.41) is 20.1. The second-order valence-electron chi connectivity index (χ2n) is 5.99. The molecule has 1 fully saturated rings. The van der Waals surface area contributed by atoms with Gasteiger partial charge in [0.25, 0.3) is 0 Å². The molecule has 0 spiro atoms. The summed E-state index contributed by atoms with van der Waals surface area (Å²) in [7, 11) is 0. The number of nitrogens with zero attached hydrogens (tertiary/aromatic N) is 1. The van der Waals surface area contributed by atoms with Crippen molar-refractivity contribution < 1.29 is 14.9 Å². The topological polar surface area (TPSA) is 52.9 Å². The van der Waals surface area contributed by atoms with Crippen molar-refractivity contribution >= 4 is 0 Å². The highest BCUT2D eigenvalue weighted by molar-refractivity contribution is 5.16. The molecule has 2 N–H and O–H groups in total. The molecule has 3 rings (SSSR count). The van der Waals surface area contributed by atoms with Crippen LogP contribution in [-0.4, -0.2) is 46.5 Å². The first-order chi connectivity index (χ1) is 11.3. The maximum absolute atomic E-state index is 10.3. The number of aliphatic hydroxyl groups is 2. The number of ether oxygens (including phenoxy) is 1. The third-order valence-corrected chi connectivity index (χ3v) is 4.35. The maximum Gasteiger partial charge on any atom is 0.103 e. The zero-order valence-electron chi connectivity index (χ0n) is 13.1. The van der Waals surface area contributed by atoms with Crippen LogP contribution < -0.4 is 0 Å². The number of aliphatic hydroxyl groups excluding tert-OH is 2. The molecule has 2 aromatic carbocycles. The van der Waals surface area contributed by atoms with Crippen LogP contribution in [0.15, 0.2) is 60.7 Å². The van der Waals surface area contributed by atoms with Gasteiger partial charge in [-0.3, -0.25) is 4.90 Å². The lowest BCUT2D eigenvalue weighted by molar-refractivity contribution is -0.0461. The van der Waals surface area contributed by atoms with E-state index in [1.165, 1.54) is 5.56 Å². The first kappa shape index (κ1) is 16.1. The van der Waals surface area contributed by atoms with E-state index >= 15 is 0 Å². The van der Waals surface area contributed by atoms with E-state index in [1.807, 2.05) is 48.5 Å². The Bertz CT molecular complexity index is 590. The average Bonchev–Trinajstić information content (AvgIpc) is 2.89. The van der Waals surface area contributed by atoms with E-state index in [0.717, 1.165) is 5.56 Å². The summed E-state index contributed by atoms with van der Waals surface area (Å²) in [6.45, 7) is 1.63. The zero-order valence-corrected chi connectivity index (χ0v) is 13.1. The minimum Gasteiger partial charge on any atom is -0.395 e. The van der Waals surface area contributed by atoms with Gasteiger partial charge in [0.2, 0.25) is 0 Å². The second-order valence-corrected chi connectivity index (χ2v) is 5.99. The predicted octanol–water partition coefficient (Wildman–Crippen LogP) is 1.81. The normalized spacial score (nSPS) is 24.9. The molecular formula is C19H23NO3. The van der Waals surface area contributed by atoms with Crippen molar-refractivity contribution in [1.29, 1.82) is 0 Å². The number of β-amino-alcohol motifs (C(OH)–C–C–N with tert-alkyl or cyclic N) is 1. The largest absolute Gasteiger partial charge is 0.395 e. The molecular weight excluding hydrogens is 290 g/mol. The van der Waals surface area contributed by atoms with Gasteiger partial charge in [0, 0.05) is 13.1 Å². The number of hydrogen-bond acceptors (Lipinski definition) is 4. The molecule has 1 aliphatic rings. The van der Waals surface area contributed by atoms with E-state index in [1.54, 1.807) is 0 Å².